The smallest absolute Gasteiger partial charge is 0.407 e. The molecule has 2 N–H and O–H groups in total. The maximum atomic E-state index is 13.0. The predicted octanol–water partition coefficient (Wildman–Crippen LogP) is 2.77. The monoisotopic (exact) mass is 408 g/mol. The Hall–Kier alpha value is -3.04. The van der Waals surface area contributed by atoms with Crippen LogP contribution < -0.4 is 15.4 Å². The lowest BCUT2D eigenvalue weighted by Gasteiger charge is -2.33. The topological polar surface area (TPSA) is 123 Å². The predicted molar refractivity (Wildman–Crippen MR) is 107 cm³/mol. The van der Waals surface area contributed by atoms with E-state index < -0.39 is 16.6 Å². The van der Waals surface area contributed by atoms with E-state index in [2.05, 4.69) is 10.6 Å². The van der Waals surface area contributed by atoms with E-state index in [9.17, 15) is 19.7 Å². The van der Waals surface area contributed by atoms with Gasteiger partial charge in [-0.25, -0.2) is 4.79 Å². The fourth-order valence-electron chi connectivity index (χ4n) is 3.22. The van der Waals surface area contributed by atoms with Gasteiger partial charge in [-0.3, -0.25) is 14.9 Å². The molecule has 0 aliphatic carbocycles. The first kappa shape index (κ1) is 22.3. The SMILES string of the molecule is CNc1c(OC)cc(C(=O)N2CCC[C@H](NC(=O)OC(C)(C)C)C2)cc1[N+](=O)[O-]. The molecule has 0 spiro atoms. The number of carbonyl (C=O) groups excluding carboxylic acids is 2. The van der Waals surface area contributed by atoms with Crippen molar-refractivity contribution in [3.63, 3.8) is 0 Å². The highest BCUT2D eigenvalue weighted by Gasteiger charge is 2.29. The van der Waals surface area contributed by atoms with E-state index >= 15 is 0 Å². The lowest BCUT2D eigenvalue weighted by molar-refractivity contribution is -0.384. The Morgan fingerprint density at radius 3 is 2.55 bits per heavy atom. The van der Waals surface area contributed by atoms with E-state index in [-0.39, 0.29) is 34.6 Å². The van der Waals surface area contributed by atoms with Gasteiger partial charge in [-0.2, -0.15) is 0 Å². The number of hydrogen-bond donors (Lipinski definition) is 2. The summed E-state index contributed by atoms with van der Waals surface area (Å²) in [7, 11) is 2.93. The van der Waals surface area contributed by atoms with Gasteiger partial charge in [0.25, 0.3) is 11.6 Å². The zero-order valence-electron chi connectivity index (χ0n) is 17.4. The van der Waals surface area contributed by atoms with Gasteiger partial charge in [-0.1, -0.05) is 0 Å². The fourth-order valence-corrected chi connectivity index (χ4v) is 3.22. The number of amides is 2. The van der Waals surface area contributed by atoms with Gasteiger partial charge in [0.15, 0.2) is 5.69 Å². The van der Waals surface area contributed by atoms with E-state index in [1.54, 1.807) is 32.7 Å². The van der Waals surface area contributed by atoms with Crippen molar-refractivity contribution in [3.8, 4) is 5.75 Å². The Morgan fingerprint density at radius 2 is 2.00 bits per heavy atom. The van der Waals surface area contributed by atoms with Crippen LogP contribution in [0.15, 0.2) is 12.1 Å². The van der Waals surface area contributed by atoms with Crippen LogP contribution in [-0.4, -0.2) is 60.7 Å². The fraction of sp³-hybridized carbons (Fsp3) is 0.579. The maximum Gasteiger partial charge on any atom is 0.407 e. The summed E-state index contributed by atoms with van der Waals surface area (Å²) in [4.78, 5) is 37.4. The Balaban J connectivity index is 2.18. The van der Waals surface area contributed by atoms with Gasteiger partial charge in [0, 0.05) is 32.2 Å². The number of hydrogen-bond acceptors (Lipinski definition) is 7. The molecule has 29 heavy (non-hydrogen) atoms. The number of nitro groups is 1. The summed E-state index contributed by atoms with van der Waals surface area (Å²) in [5, 5.41) is 16.9. The molecule has 2 rings (SSSR count). The van der Waals surface area contributed by atoms with Crippen molar-refractivity contribution >= 4 is 23.4 Å². The molecule has 1 atom stereocenters. The van der Waals surface area contributed by atoms with Gasteiger partial charge in [0.05, 0.1) is 17.6 Å². The molecule has 1 heterocycles. The third-order valence-corrected chi connectivity index (χ3v) is 4.42. The zero-order chi connectivity index (χ0) is 21.8. The van der Waals surface area contributed by atoms with Gasteiger partial charge in [0.1, 0.15) is 11.4 Å². The van der Waals surface area contributed by atoms with Crippen LogP contribution >= 0.6 is 0 Å². The van der Waals surface area contributed by atoms with Crippen LogP contribution in [0.4, 0.5) is 16.2 Å². The average Bonchev–Trinajstić information content (AvgIpc) is 2.64. The molecule has 1 aromatic carbocycles. The first-order chi connectivity index (χ1) is 13.6. The van der Waals surface area contributed by atoms with Gasteiger partial charge >= 0.3 is 6.09 Å². The van der Waals surface area contributed by atoms with Crippen LogP contribution in [0.3, 0.4) is 0 Å². The Kier molecular flexibility index (Phi) is 6.89. The molecular weight excluding hydrogens is 380 g/mol. The number of benzene rings is 1. The largest absolute Gasteiger partial charge is 0.494 e. The molecule has 1 aromatic rings. The molecule has 0 aromatic heterocycles. The van der Waals surface area contributed by atoms with Crippen molar-refractivity contribution in [2.75, 3.05) is 32.6 Å². The third-order valence-electron chi connectivity index (χ3n) is 4.42. The van der Waals surface area contributed by atoms with Crippen molar-refractivity contribution < 1.29 is 24.0 Å². The van der Waals surface area contributed by atoms with Crippen molar-refractivity contribution in [1.29, 1.82) is 0 Å². The van der Waals surface area contributed by atoms with E-state index in [0.717, 1.165) is 0 Å². The minimum Gasteiger partial charge on any atom is -0.494 e. The lowest BCUT2D eigenvalue weighted by Crippen LogP contribution is -2.50. The van der Waals surface area contributed by atoms with Crippen molar-refractivity contribution in [3.05, 3.63) is 27.8 Å². The van der Waals surface area contributed by atoms with Crippen LogP contribution in [0.25, 0.3) is 0 Å². The highest BCUT2D eigenvalue weighted by molar-refractivity contribution is 5.97. The molecule has 10 nitrogen and oxygen atoms in total. The van der Waals surface area contributed by atoms with Crippen LogP contribution in [-0.2, 0) is 4.74 Å². The molecule has 0 radical (unpaired) electrons. The molecule has 0 saturated carbocycles. The number of likely N-dealkylation sites (tertiary alicyclic amines) is 1. The Morgan fingerprint density at radius 1 is 1.31 bits per heavy atom. The van der Waals surface area contributed by atoms with Crippen LogP contribution in [0.1, 0.15) is 44.0 Å². The van der Waals surface area contributed by atoms with Crippen LogP contribution in [0.2, 0.25) is 0 Å². The number of nitrogens with one attached hydrogen (secondary N) is 2. The van der Waals surface area contributed by atoms with Crippen LogP contribution in [0.5, 0.6) is 5.75 Å². The number of anilines is 1. The second-order valence-electron chi connectivity index (χ2n) is 7.82. The van der Waals surface area contributed by atoms with Crippen molar-refractivity contribution in [1.82, 2.24) is 10.2 Å². The number of alkyl carbamates (subject to hydrolysis) is 1. The van der Waals surface area contributed by atoms with Gasteiger partial charge in [-0.15, -0.1) is 0 Å². The minimum atomic E-state index is -0.612. The first-order valence-electron chi connectivity index (χ1n) is 9.38. The number of nitro benzene ring substituents is 1. The standard InChI is InChI=1S/C19H28N4O6/c1-19(2,3)29-18(25)21-13-7-6-8-22(11-13)17(24)12-9-14(23(26)27)16(20-4)15(10-12)28-5/h9-10,13,20H,6-8,11H2,1-5H3,(H,21,25)/t13-/m0/s1. The normalized spacial score (nSPS) is 16.7. The minimum absolute atomic E-state index is 0.158. The van der Waals surface area contributed by atoms with Gasteiger partial charge in [-0.05, 0) is 39.7 Å². The maximum absolute atomic E-state index is 13.0. The number of methoxy groups -OCH3 is 1. The van der Waals surface area contributed by atoms with Crippen LogP contribution in [0, 0.1) is 10.1 Å². The zero-order valence-corrected chi connectivity index (χ0v) is 17.4. The average molecular weight is 408 g/mol. The summed E-state index contributed by atoms with van der Waals surface area (Å²) >= 11 is 0. The first-order valence-corrected chi connectivity index (χ1v) is 9.38. The van der Waals surface area contributed by atoms with Crippen molar-refractivity contribution in [2.45, 2.75) is 45.3 Å². The summed E-state index contributed by atoms with van der Waals surface area (Å²) in [5.74, 6) is -0.143. The van der Waals surface area contributed by atoms with Crippen molar-refractivity contribution in [2.24, 2.45) is 0 Å². The van der Waals surface area contributed by atoms with Gasteiger partial charge < -0.3 is 25.0 Å². The third kappa shape index (κ3) is 5.72. The molecule has 10 heteroatoms. The summed E-state index contributed by atoms with van der Waals surface area (Å²) in [6, 6.07) is 2.46. The molecule has 1 aliphatic heterocycles. The number of nitrogens with zero attached hydrogens (tertiary/aromatic N) is 2. The molecule has 2 amide bonds. The number of carbonyl (C=O) groups is 2. The molecule has 1 aliphatic rings. The second kappa shape index (κ2) is 8.97. The van der Waals surface area contributed by atoms with E-state index in [4.69, 9.17) is 9.47 Å². The molecule has 1 fully saturated rings. The molecule has 0 bridgehead atoms. The Labute approximate surface area is 169 Å². The highest BCUT2D eigenvalue weighted by atomic mass is 16.6. The highest BCUT2D eigenvalue weighted by Crippen LogP contribution is 2.36. The second-order valence-corrected chi connectivity index (χ2v) is 7.82. The number of piperidine rings is 1. The molecular formula is C19H28N4O6. The summed E-state index contributed by atoms with van der Waals surface area (Å²) in [6.07, 6.45) is 0.873. The molecule has 1 saturated heterocycles. The lowest BCUT2D eigenvalue weighted by atomic mass is 10.0. The number of rotatable bonds is 5. The molecule has 0 unspecified atom stereocenters. The quantitative estimate of drug-likeness (QED) is 0.567. The number of ether oxygens (including phenoxy) is 2. The van der Waals surface area contributed by atoms with E-state index in [1.807, 2.05) is 0 Å². The van der Waals surface area contributed by atoms with E-state index in [0.29, 0.717) is 25.9 Å². The summed E-state index contributed by atoms with van der Waals surface area (Å²) < 4.78 is 10.5. The molecule has 160 valence electrons. The summed E-state index contributed by atoms with van der Waals surface area (Å²) in [5.41, 5.74) is -0.489. The summed E-state index contributed by atoms with van der Waals surface area (Å²) in [6.45, 7) is 6.12. The van der Waals surface area contributed by atoms with Gasteiger partial charge in [0.2, 0.25) is 0 Å². The van der Waals surface area contributed by atoms with E-state index in [1.165, 1.54) is 19.2 Å². The Bertz CT molecular complexity index is 790.